The summed E-state index contributed by atoms with van der Waals surface area (Å²) in [6.07, 6.45) is -7.84. The van der Waals surface area contributed by atoms with Crippen molar-refractivity contribution in [2.45, 2.75) is 56.3 Å². The molecule has 0 aromatic heterocycles. The molecule has 0 aliphatic carbocycles. The fraction of sp³-hybridized carbons (Fsp3) is 0.625. The molecule has 2 unspecified atom stereocenters. The van der Waals surface area contributed by atoms with Crippen LogP contribution >= 0.6 is 0 Å². The second kappa shape index (κ2) is 8.16. The molecule has 1 saturated heterocycles. The third-order valence-electron chi connectivity index (χ3n) is 4.03. The molecule has 1 aromatic carbocycles. The Morgan fingerprint density at radius 2 is 1.74 bits per heavy atom. The van der Waals surface area contributed by atoms with Gasteiger partial charge in [0.15, 0.2) is 6.29 Å². The molecule has 0 radical (unpaired) electrons. The standard InChI is InChI=1S/C16H24O7/c1-9(11(18)7-10-5-3-2-4-6-10)22-16-15(21)14(20)13(19)12(8-17)23-16/h2-6,9,11-21H,7-8H2,1H3/t9?,11?,12-,13-,14+,15-,16-/m1/s1. The van der Waals surface area contributed by atoms with Crippen molar-refractivity contribution >= 4 is 0 Å². The van der Waals surface area contributed by atoms with E-state index in [1.54, 1.807) is 6.92 Å². The molecule has 1 heterocycles. The molecule has 130 valence electrons. The Bertz CT molecular complexity index is 467. The number of benzene rings is 1. The van der Waals surface area contributed by atoms with Crippen molar-refractivity contribution in [3.63, 3.8) is 0 Å². The van der Waals surface area contributed by atoms with Crippen LogP contribution in [0.2, 0.25) is 0 Å². The Balaban J connectivity index is 1.94. The predicted octanol–water partition coefficient (Wildman–Crippen LogP) is -1.20. The van der Waals surface area contributed by atoms with Crippen LogP contribution < -0.4 is 0 Å². The van der Waals surface area contributed by atoms with Gasteiger partial charge in [-0.3, -0.25) is 0 Å². The topological polar surface area (TPSA) is 120 Å². The average Bonchev–Trinajstić information content (AvgIpc) is 2.56. The van der Waals surface area contributed by atoms with Crippen molar-refractivity contribution in [3.8, 4) is 0 Å². The van der Waals surface area contributed by atoms with Crippen LogP contribution in [0.3, 0.4) is 0 Å². The molecule has 7 nitrogen and oxygen atoms in total. The van der Waals surface area contributed by atoms with Crippen LogP contribution in [0, 0.1) is 0 Å². The third kappa shape index (κ3) is 4.48. The summed E-state index contributed by atoms with van der Waals surface area (Å²) >= 11 is 0. The normalized spacial score (nSPS) is 34.1. The van der Waals surface area contributed by atoms with E-state index in [4.69, 9.17) is 14.6 Å². The van der Waals surface area contributed by atoms with Gasteiger partial charge in [-0.15, -0.1) is 0 Å². The molecule has 0 saturated carbocycles. The summed E-state index contributed by atoms with van der Waals surface area (Å²) in [6, 6.07) is 9.37. The second-order valence-corrected chi connectivity index (χ2v) is 5.80. The summed E-state index contributed by atoms with van der Waals surface area (Å²) < 4.78 is 10.7. The van der Waals surface area contributed by atoms with Gasteiger partial charge in [-0.2, -0.15) is 0 Å². The maximum atomic E-state index is 10.2. The molecule has 7 heteroatoms. The van der Waals surface area contributed by atoms with E-state index in [9.17, 15) is 20.4 Å². The largest absolute Gasteiger partial charge is 0.394 e. The van der Waals surface area contributed by atoms with Crippen LogP contribution in [-0.4, -0.2) is 75.1 Å². The fourth-order valence-electron chi connectivity index (χ4n) is 2.50. The SMILES string of the molecule is CC(O[C@@H]1O[C@H](CO)[C@@H](O)[C@H](O)[C@H]1O)C(O)Cc1ccccc1. The lowest BCUT2D eigenvalue weighted by molar-refractivity contribution is -0.315. The molecule has 2 rings (SSSR count). The minimum atomic E-state index is -1.50. The van der Waals surface area contributed by atoms with Crippen molar-refractivity contribution in [2.24, 2.45) is 0 Å². The Labute approximate surface area is 134 Å². The third-order valence-corrected chi connectivity index (χ3v) is 4.03. The van der Waals surface area contributed by atoms with Crippen molar-refractivity contribution in [2.75, 3.05) is 6.61 Å². The molecular weight excluding hydrogens is 304 g/mol. The zero-order valence-corrected chi connectivity index (χ0v) is 12.9. The molecule has 0 amide bonds. The Kier molecular flexibility index (Phi) is 6.49. The van der Waals surface area contributed by atoms with Gasteiger partial charge in [0.05, 0.1) is 18.8 Å². The van der Waals surface area contributed by atoms with Crippen molar-refractivity contribution in [1.29, 1.82) is 0 Å². The molecule has 0 bridgehead atoms. The first kappa shape index (κ1) is 18.3. The molecule has 0 spiro atoms. The van der Waals surface area contributed by atoms with E-state index in [2.05, 4.69) is 0 Å². The zero-order chi connectivity index (χ0) is 17.0. The first-order chi connectivity index (χ1) is 10.9. The van der Waals surface area contributed by atoms with E-state index in [1.165, 1.54) is 0 Å². The molecule has 23 heavy (non-hydrogen) atoms. The second-order valence-electron chi connectivity index (χ2n) is 5.80. The average molecular weight is 328 g/mol. The first-order valence-corrected chi connectivity index (χ1v) is 7.62. The Morgan fingerprint density at radius 1 is 1.09 bits per heavy atom. The first-order valence-electron chi connectivity index (χ1n) is 7.62. The Hall–Kier alpha value is -1.06. The number of rotatable bonds is 6. The predicted molar refractivity (Wildman–Crippen MR) is 80.5 cm³/mol. The van der Waals surface area contributed by atoms with Gasteiger partial charge >= 0.3 is 0 Å². The van der Waals surface area contributed by atoms with Gasteiger partial charge in [0.1, 0.15) is 24.4 Å². The maximum absolute atomic E-state index is 10.2. The van der Waals surface area contributed by atoms with Crippen LogP contribution in [0.1, 0.15) is 12.5 Å². The monoisotopic (exact) mass is 328 g/mol. The summed E-state index contributed by atoms with van der Waals surface area (Å²) in [7, 11) is 0. The Morgan fingerprint density at radius 3 is 2.35 bits per heavy atom. The van der Waals surface area contributed by atoms with Crippen molar-refractivity contribution < 1.29 is 35.0 Å². The molecule has 7 atom stereocenters. The van der Waals surface area contributed by atoms with Crippen LogP contribution in [0.4, 0.5) is 0 Å². The van der Waals surface area contributed by atoms with Gasteiger partial charge in [-0.1, -0.05) is 30.3 Å². The highest BCUT2D eigenvalue weighted by atomic mass is 16.7. The maximum Gasteiger partial charge on any atom is 0.187 e. The molecule has 1 fully saturated rings. The summed E-state index contributed by atoms with van der Waals surface area (Å²) in [5.41, 5.74) is 0.934. The molecular formula is C16H24O7. The number of ether oxygens (including phenoxy) is 2. The lowest BCUT2D eigenvalue weighted by Gasteiger charge is -2.41. The van der Waals surface area contributed by atoms with Gasteiger partial charge < -0.3 is 35.0 Å². The van der Waals surface area contributed by atoms with Crippen molar-refractivity contribution in [3.05, 3.63) is 35.9 Å². The lowest BCUT2D eigenvalue weighted by atomic mass is 9.99. The van der Waals surface area contributed by atoms with Gasteiger partial charge in [-0.05, 0) is 12.5 Å². The van der Waals surface area contributed by atoms with Gasteiger partial charge in [0.25, 0.3) is 0 Å². The van der Waals surface area contributed by atoms with Crippen LogP contribution in [0.5, 0.6) is 0 Å². The lowest BCUT2D eigenvalue weighted by Crippen LogP contribution is -2.60. The van der Waals surface area contributed by atoms with E-state index in [1.807, 2.05) is 30.3 Å². The van der Waals surface area contributed by atoms with E-state index in [0.717, 1.165) is 5.56 Å². The van der Waals surface area contributed by atoms with Gasteiger partial charge in [-0.25, -0.2) is 0 Å². The highest BCUT2D eigenvalue weighted by molar-refractivity contribution is 5.15. The minimum absolute atomic E-state index is 0.361. The molecule has 1 aliphatic rings. The molecule has 1 aromatic rings. The van der Waals surface area contributed by atoms with Crippen LogP contribution in [0.15, 0.2) is 30.3 Å². The van der Waals surface area contributed by atoms with E-state index in [-0.39, 0.29) is 0 Å². The number of hydrogen-bond donors (Lipinski definition) is 5. The summed E-state index contributed by atoms with van der Waals surface area (Å²) in [5, 5.41) is 48.7. The van der Waals surface area contributed by atoms with E-state index >= 15 is 0 Å². The highest BCUT2D eigenvalue weighted by Crippen LogP contribution is 2.23. The quantitative estimate of drug-likeness (QED) is 0.445. The summed E-state index contributed by atoms with van der Waals surface area (Å²) in [4.78, 5) is 0. The summed E-state index contributed by atoms with van der Waals surface area (Å²) in [5.74, 6) is 0. The van der Waals surface area contributed by atoms with Crippen LogP contribution in [0.25, 0.3) is 0 Å². The number of aliphatic hydroxyl groups is 5. The van der Waals surface area contributed by atoms with Gasteiger partial charge in [0.2, 0.25) is 0 Å². The smallest absolute Gasteiger partial charge is 0.187 e. The van der Waals surface area contributed by atoms with Crippen molar-refractivity contribution in [1.82, 2.24) is 0 Å². The minimum Gasteiger partial charge on any atom is -0.394 e. The highest BCUT2D eigenvalue weighted by Gasteiger charge is 2.44. The molecule has 5 N–H and O–H groups in total. The number of hydrogen-bond acceptors (Lipinski definition) is 7. The number of aliphatic hydroxyl groups excluding tert-OH is 5. The molecule has 1 aliphatic heterocycles. The fourth-order valence-corrected chi connectivity index (χ4v) is 2.50. The van der Waals surface area contributed by atoms with E-state index < -0.39 is 49.5 Å². The van der Waals surface area contributed by atoms with Crippen LogP contribution in [-0.2, 0) is 15.9 Å². The summed E-state index contributed by atoms with van der Waals surface area (Å²) in [6.45, 7) is 1.10. The zero-order valence-electron chi connectivity index (χ0n) is 12.9. The van der Waals surface area contributed by atoms with Gasteiger partial charge in [0, 0.05) is 6.42 Å². The van der Waals surface area contributed by atoms with E-state index in [0.29, 0.717) is 6.42 Å².